The third kappa shape index (κ3) is 6.01. The molecule has 0 amide bonds. The number of nitrogens with one attached hydrogen (secondary N) is 2. The van der Waals surface area contributed by atoms with Crippen molar-refractivity contribution in [1.82, 2.24) is 9.71 Å². The minimum absolute atomic E-state index is 0.00991. The molecule has 21 heavy (non-hydrogen) atoms. The van der Waals surface area contributed by atoms with Crippen LogP contribution in [0.1, 0.15) is 52.9 Å². The maximum absolute atomic E-state index is 12.5. The van der Waals surface area contributed by atoms with Gasteiger partial charge in [0.15, 0.2) is 0 Å². The molecule has 6 heteroatoms. The molecule has 1 rings (SSSR count). The van der Waals surface area contributed by atoms with Crippen LogP contribution in [0, 0.1) is 0 Å². The van der Waals surface area contributed by atoms with Crippen molar-refractivity contribution in [3.63, 3.8) is 0 Å². The predicted octanol–water partition coefficient (Wildman–Crippen LogP) is 3.15. The molecular formula is C15H27N3O2S. The zero-order valence-electron chi connectivity index (χ0n) is 13.2. The maximum Gasteiger partial charge on any atom is 0.241 e. The minimum atomic E-state index is -3.48. The summed E-state index contributed by atoms with van der Waals surface area (Å²) in [5.41, 5.74) is 0. The normalized spacial score (nSPS) is 13.1. The fourth-order valence-corrected chi connectivity index (χ4v) is 3.52. The van der Waals surface area contributed by atoms with Gasteiger partial charge in [0.05, 0.1) is 4.90 Å². The highest BCUT2D eigenvalue weighted by molar-refractivity contribution is 7.89. The van der Waals surface area contributed by atoms with E-state index in [0.717, 1.165) is 32.1 Å². The van der Waals surface area contributed by atoms with Crippen molar-refractivity contribution in [3.8, 4) is 0 Å². The van der Waals surface area contributed by atoms with Crippen LogP contribution in [-0.2, 0) is 10.0 Å². The zero-order valence-corrected chi connectivity index (χ0v) is 14.0. The smallest absolute Gasteiger partial charge is 0.241 e. The molecule has 1 aromatic rings. The largest absolute Gasteiger partial charge is 0.370 e. The summed E-state index contributed by atoms with van der Waals surface area (Å²) in [5.74, 6) is 0.584. The second-order valence-electron chi connectivity index (χ2n) is 5.16. The summed E-state index contributed by atoms with van der Waals surface area (Å²) >= 11 is 0. The van der Waals surface area contributed by atoms with E-state index < -0.39 is 10.0 Å². The van der Waals surface area contributed by atoms with Crippen LogP contribution < -0.4 is 10.0 Å². The number of hydrogen-bond acceptors (Lipinski definition) is 4. The van der Waals surface area contributed by atoms with Crippen LogP contribution in [0.25, 0.3) is 0 Å². The van der Waals surface area contributed by atoms with Crippen LogP contribution in [0.4, 0.5) is 5.82 Å². The van der Waals surface area contributed by atoms with E-state index in [9.17, 15) is 8.42 Å². The summed E-state index contributed by atoms with van der Waals surface area (Å²) in [7, 11) is -3.48. The number of aromatic nitrogens is 1. The Balaban J connectivity index is 2.85. The minimum Gasteiger partial charge on any atom is -0.370 e. The third-order valence-corrected chi connectivity index (χ3v) is 4.78. The predicted molar refractivity (Wildman–Crippen MR) is 86.9 cm³/mol. The molecule has 0 bridgehead atoms. The highest BCUT2D eigenvalue weighted by Crippen LogP contribution is 2.15. The number of rotatable bonds is 10. The number of unbranched alkanes of at least 4 members (excludes halogenated alkanes) is 1. The van der Waals surface area contributed by atoms with Crippen LogP contribution >= 0.6 is 0 Å². The molecule has 0 radical (unpaired) electrons. The molecule has 0 fully saturated rings. The standard InChI is InChI=1S/C15H27N3O2S/c1-4-7-9-13(8-5-2)18-21(19,20)14-10-11-17-15(12-14)16-6-3/h10-13,18H,4-9H2,1-3H3,(H,16,17). The molecule has 0 spiro atoms. The van der Waals surface area contributed by atoms with Crippen LogP contribution in [0.2, 0.25) is 0 Å². The van der Waals surface area contributed by atoms with E-state index >= 15 is 0 Å². The molecule has 120 valence electrons. The molecule has 0 aliphatic heterocycles. The first-order chi connectivity index (χ1) is 10.0. The molecule has 0 aliphatic rings. The quantitative estimate of drug-likeness (QED) is 0.696. The van der Waals surface area contributed by atoms with Gasteiger partial charge in [0.2, 0.25) is 10.0 Å². The van der Waals surface area contributed by atoms with E-state index in [1.165, 1.54) is 12.3 Å². The Bertz CT molecular complexity index is 517. The van der Waals surface area contributed by atoms with E-state index in [2.05, 4.69) is 28.9 Å². The highest BCUT2D eigenvalue weighted by atomic mass is 32.2. The van der Waals surface area contributed by atoms with Crippen LogP contribution in [0.5, 0.6) is 0 Å². The van der Waals surface area contributed by atoms with Gasteiger partial charge in [0.25, 0.3) is 0 Å². The van der Waals surface area contributed by atoms with E-state index in [0.29, 0.717) is 12.4 Å². The van der Waals surface area contributed by atoms with Gasteiger partial charge >= 0.3 is 0 Å². The van der Waals surface area contributed by atoms with E-state index in [1.54, 1.807) is 6.07 Å². The van der Waals surface area contributed by atoms with Gasteiger partial charge in [-0.1, -0.05) is 33.1 Å². The Hall–Kier alpha value is -1.14. The summed E-state index contributed by atoms with van der Waals surface area (Å²) in [5, 5.41) is 3.03. The summed E-state index contributed by atoms with van der Waals surface area (Å²) < 4.78 is 27.8. The lowest BCUT2D eigenvalue weighted by Gasteiger charge is -2.18. The Labute approximate surface area is 128 Å². The Morgan fingerprint density at radius 2 is 1.95 bits per heavy atom. The van der Waals surface area contributed by atoms with Crippen molar-refractivity contribution < 1.29 is 8.42 Å². The third-order valence-electron chi connectivity index (χ3n) is 3.26. The molecule has 1 atom stereocenters. The summed E-state index contributed by atoms with van der Waals surface area (Å²) in [6.07, 6.45) is 6.34. The lowest BCUT2D eigenvalue weighted by atomic mass is 10.1. The molecule has 1 aromatic heterocycles. The van der Waals surface area contributed by atoms with Gasteiger partial charge in [0, 0.05) is 24.8 Å². The maximum atomic E-state index is 12.5. The molecule has 0 saturated heterocycles. The van der Waals surface area contributed by atoms with Crippen LogP contribution in [0.3, 0.4) is 0 Å². The fraction of sp³-hybridized carbons (Fsp3) is 0.667. The average molecular weight is 313 g/mol. The molecule has 0 aliphatic carbocycles. The van der Waals surface area contributed by atoms with Gasteiger partial charge in [0.1, 0.15) is 5.82 Å². The van der Waals surface area contributed by atoms with Gasteiger partial charge in [-0.05, 0) is 25.8 Å². The average Bonchev–Trinajstić information content (AvgIpc) is 2.45. The van der Waals surface area contributed by atoms with Crippen LogP contribution in [-0.4, -0.2) is 26.0 Å². The molecule has 5 nitrogen and oxygen atoms in total. The van der Waals surface area contributed by atoms with Gasteiger partial charge in [-0.2, -0.15) is 0 Å². The summed E-state index contributed by atoms with van der Waals surface area (Å²) in [4.78, 5) is 4.37. The van der Waals surface area contributed by atoms with Crippen molar-refractivity contribution in [1.29, 1.82) is 0 Å². The van der Waals surface area contributed by atoms with Gasteiger partial charge in [-0.15, -0.1) is 0 Å². The van der Waals surface area contributed by atoms with Crippen LogP contribution in [0.15, 0.2) is 23.2 Å². The monoisotopic (exact) mass is 313 g/mol. The van der Waals surface area contributed by atoms with Gasteiger partial charge < -0.3 is 5.32 Å². The molecule has 1 unspecified atom stereocenters. The second kappa shape index (κ2) is 9.00. The zero-order chi connectivity index (χ0) is 15.7. The lowest BCUT2D eigenvalue weighted by Crippen LogP contribution is -2.34. The number of pyridine rings is 1. The van der Waals surface area contributed by atoms with Gasteiger partial charge in [-0.3, -0.25) is 0 Å². The first-order valence-corrected chi connectivity index (χ1v) is 9.24. The topological polar surface area (TPSA) is 71.1 Å². The van der Waals surface area contributed by atoms with E-state index in [-0.39, 0.29) is 10.9 Å². The number of sulfonamides is 1. The lowest BCUT2D eigenvalue weighted by molar-refractivity contribution is 0.483. The van der Waals surface area contributed by atoms with Crippen molar-refractivity contribution >= 4 is 15.8 Å². The molecule has 0 aromatic carbocycles. The first-order valence-electron chi connectivity index (χ1n) is 7.75. The number of anilines is 1. The number of nitrogens with zero attached hydrogens (tertiary/aromatic N) is 1. The van der Waals surface area contributed by atoms with Gasteiger partial charge in [-0.25, -0.2) is 18.1 Å². The first kappa shape index (κ1) is 17.9. The molecule has 2 N–H and O–H groups in total. The second-order valence-corrected chi connectivity index (χ2v) is 6.87. The van der Waals surface area contributed by atoms with E-state index in [1.807, 2.05) is 6.92 Å². The Morgan fingerprint density at radius 1 is 1.19 bits per heavy atom. The summed E-state index contributed by atoms with van der Waals surface area (Å²) in [6, 6.07) is 3.12. The van der Waals surface area contributed by atoms with Crippen molar-refractivity contribution in [3.05, 3.63) is 18.3 Å². The fourth-order valence-electron chi connectivity index (χ4n) is 2.20. The van der Waals surface area contributed by atoms with Crippen molar-refractivity contribution in [2.24, 2.45) is 0 Å². The summed E-state index contributed by atoms with van der Waals surface area (Å²) in [6.45, 7) is 6.84. The number of hydrogen-bond donors (Lipinski definition) is 2. The van der Waals surface area contributed by atoms with E-state index in [4.69, 9.17) is 0 Å². The molecular weight excluding hydrogens is 286 g/mol. The molecule has 0 saturated carbocycles. The van der Waals surface area contributed by atoms with Crippen molar-refractivity contribution in [2.45, 2.75) is 63.8 Å². The molecule has 1 heterocycles. The van der Waals surface area contributed by atoms with Crippen molar-refractivity contribution in [2.75, 3.05) is 11.9 Å². The highest BCUT2D eigenvalue weighted by Gasteiger charge is 2.19. The SMILES string of the molecule is CCCCC(CCC)NS(=O)(=O)c1ccnc(NCC)c1. The Kier molecular flexibility index (Phi) is 7.67. The Morgan fingerprint density at radius 3 is 2.57 bits per heavy atom.